The van der Waals surface area contributed by atoms with Crippen molar-refractivity contribution in [1.82, 2.24) is 0 Å². The van der Waals surface area contributed by atoms with Crippen LogP contribution in [0.5, 0.6) is 11.5 Å². The van der Waals surface area contributed by atoms with E-state index in [0.29, 0.717) is 11.4 Å². The molecule has 0 saturated heterocycles. The molecule has 6 nitrogen and oxygen atoms in total. The Balaban J connectivity index is 2.01. The third-order valence-electron chi connectivity index (χ3n) is 3.42. The quantitative estimate of drug-likeness (QED) is 0.740. The van der Waals surface area contributed by atoms with Crippen molar-refractivity contribution in [3.63, 3.8) is 0 Å². The van der Waals surface area contributed by atoms with Gasteiger partial charge in [-0.3, -0.25) is 4.79 Å². The number of hydrogen-bond donors (Lipinski definition) is 1. The zero-order chi connectivity index (χ0) is 18.4. The van der Waals surface area contributed by atoms with Gasteiger partial charge < -0.3 is 19.5 Å². The molecular weight excluding hydrogens is 390 g/mol. The van der Waals surface area contributed by atoms with Gasteiger partial charge in [0, 0.05) is 10.2 Å². The highest BCUT2D eigenvalue weighted by molar-refractivity contribution is 9.10. The van der Waals surface area contributed by atoms with Gasteiger partial charge in [0.05, 0.1) is 14.2 Å². The summed E-state index contributed by atoms with van der Waals surface area (Å²) >= 11 is 3.36. The van der Waals surface area contributed by atoms with Crippen LogP contribution in [0, 0.1) is 6.92 Å². The molecule has 0 saturated carbocycles. The summed E-state index contributed by atoms with van der Waals surface area (Å²) in [6.07, 6.45) is 0. The van der Waals surface area contributed by atoms with Crippen molar-refractivity contribution in [2.75, 3.05) is 26.1 Å². The van der Waals surface area contributed by atoms with Gasteiger partial charge in [0.25, 0.3) is 5.91 Å². The third-order valence-corrected chi connectivity index (χ3v) is 3.91. The van der Waals surface area contributed by atoms with Gasteiger partial charge in [0.1, 0.15) is 5.56 Å². The molecule has 0 aromatic heterocycles. The highest BCUT2D eigenvalue weighted by atomic mass is 79.9. The molecule has 0 aliphatic rings. The van der Waals surface area contributed by atoms with E-state index in [-0.39, 0.29) is 11.3 Å². The molecule has 0 atom stereocenters. The zero-order valence-electron chi connectivity index (χ0n) is 14.1. The summed E-state index contributed by atoms with van der Waals surface area (Å²) in [4.78, 5) is 24.2. The summed E-state index contributed by atoms with van der Waals surface area (Å²) in [5, 5.41) is 2.70. The molecule has 0 bridgehead atoms. The highest BCUT2D eigenvalue weighted by Crippen LogP contribution is 2.31. The highest BCUT2D eigenvalue weighted by Gasteiger charge is 2.18. The van der Waals surface area contributed by atoms with Crippen LogP contribution in [-0.4, -0.2) is 32.7 Å². The fraction of sp³-hybridized carbons (Fsp3) is 0.222. The first kappa shape index (κ1) is 18.8. The van der Waals surface area contributed by atoms with Crippen molar-refractivity contribution in [2.45, 2.75) is 6.92 Å². The van der Waals surface area contributed by atoms with E-state index in [1.807, 2.05) is 19.1 Å². The lowest BCUT2D eigenvalue weighted by Crippen LogP contribution is -2.21. The Bertz CT molecular complexity index is 791. The summed E-state index contributed by atoms with van der Waals surface area (Å²) in [6.45, 7) is 1.46. The van der Waals surface area contributed by atoms with E-state index in [9.17, 15) is 9.59 Å². The number of nitrogens with one attached hydrogen (secondary N) is 1. The molecule has 132 valence electrons. The predicted octanol–water partition coefficient (Wildman–Crippen LogP) is 3.57. The SMILES string of the molecule is COc1cccc(C(=O)OCC(=O)Nc2ccc(Br)cc2C)c1OC. The summed E-state index contributed by atoms with van der Waals surface area (Å²) in [7, 11) is 2.90. The number of amides is 1. The Kier molecular flexibility index (Phi) is 6.41. The topological polar surface area (TPSA) is 73.9 Å². The fourth-order valence-electron chi connectivity index (χ4n) is 2.21. The van der Waals surface area contributed by atoms with Crippen LogP contribution in [0.1, 0.15) is 15.9 Å². The molecule has 0 fully saturated rings. The molecule has 0 heterocycles. The minimum absolute atomic E-state index is 0.189. The van der Waals surface area contributed by atoms with E-state index in [1.54, 1.807) is 24.3 Å². The molecule has 2 aromatic rings. The van der Waals surface area contributed by atoms with E-state index in [4.69, 9.17) is 14.2 Å². The van der Waals surface area contributed by atoms with Gasteiger partial charge in [-0.15, -0.1) is 0 Å². The van der Waals surface area contributed by atoms with Crippen molar-refractivity contribution in [1.29, 1.82) is 0 Å². The van der Waals surface area contributed by atoms with E-state index >= 15 is 0 Å². The van der Waals surface area contributed by atoms with Crippen molar-refractivity contribution in [2.24, 2.45) is 0 Å². The average molecular weight is 408 g/mol. The first-order chi connectivity index (χ1) is 12.0. The summed E-state index contributed by atoms with van der Waals surface area (Å²) in [5.74, 6) is -0.426. The lowest BCUT2D eigenvalue weighted by Gasteiger charge is -2.12. The molecule has 0 aliphatic heterocycles. The van der Waals surface area contributed by atoms with Gasteiger partial charge in [0.15, 0.2) is 18.1 Å². The number of methoxy groups -OCH3 is 2. The number of hydrogen-bond acceptors (Lipinski definition) is 5. The molecule has 7 heteroatoms. The lowest BCUT2D eigenvalue weighted by molar-refractivity contribution is -0.119. The van der Waals surface area contributed by atoms with Crippen molar-refractivity contribution in [3.8, 4) is 11.5 Å². The van der Waals surface area contributed by atoms with Gasteiger partial charge >= 0.3 is 5.97 Å². The van der Waals surface area contributed by atoms with Crippen LogP contribution in [0.2, 0.25) is 0 Å². The summed E-state index contributed by atoms with van der Waals surface area (Å²) in [5.41, 5.74) is 1.74. The van der Waals surface area contributed by atoms with Crippen LogP contribution >= 0.6 is 15.9 Å². The van der Waals surface area contributed by atoms with Crippen molar-refractivity contribution >= 4 is 33.5 Å². The molecule has 25 heavy (non-hydrogen) atoms. The van der Waals surface area contributed by atoms with Gasteiger partial charge in [-0.25, -0.2) is 4.79 Å². The fourth-order valence-corrected chi connectivity index (χ4v) is 2.69. The Morgan fingerprint density at radius 3 is 2.52 bits per heavy atom. The molecule has 2 aromatic carbocycles. The smallest absolute Gasteiger partial charge is 0.342 e. The third kappa shape index (κ3) is 4.73. The number of para-hydroxylation sites is 1. The van der Waals surface area contributed by atoms with E-state index in [0.717, 1.165) is 10.0 Å². The first-order valence-electron chi connectivity index (χ1n) is 7.40. The van der Waals surface area contributed by atoms with Crippen LogP contribution in [0.4, 0.5) is 5.69 Å². The standard InChI is InChI=1S/C18H18BrNO5/c1-11-9-12(19)7-8-14(11)20-16(21)10-25-18(22)13-5-4-6-15(23-2)17(13)24-3/h4-9H,10H2,1-3H3,(H,20,21). The largest absolute Gasteiger partial charge is 0.493 e. The first-order valence-corrected chi connectivity index (χ1v) is 8.19. The van der Waals surface area contributed by atoms with E-state index < -0.39 is 18.5 Å². The predicted molar refractivity (Wildman–Crippen MR) is 97.3 cm³/mol. The Morgan fingerprint density at radius 1 is 1.12 bits per heavy atom. The van der Waals surface area contributed by atoms with Crippen molar-refractivity contribution in [3.05, 3.63) is 52.0 Å². The molecule has 1 amide bonds. The number of halogens is 1. The maximum absolute atomic E-state index is 12.2. The zero-order valence-corrected chi connectivity index (χ0v) is 15.7. The molecule has 0 unspecified atom stereocenters. The minimum atomic E-state index is -0.668. The van der Waals surface area contributed by atoms with Crippen molar-refractivity contribution < 1.29 is 23.8 Å². The number of anilines is 1. The number of carbonyl (C=O) groups is 2. The van der Waals surface area contributed by atoms with E-state index in [1.165, 1.54) is 14.2 Å². The molecule has 2 rings (SSSR count). The maximum Gasteiger partial charge on any atom is 0.342 e. The second-order valence-corrected chi connectivity index (χ2v) is 6.04. The number of aryl methyl sites for hydroxylation is 1. The number of benzene rings is 2. The Labute approximate surface area is 154 Å². The molecule has 0 radical (unpaired) electrons. The van der Waals surface area contributed by atoms with Crippen LogP contribution in [0.15, 0.2) is 40.9 Å². The number of esters is 1. The molecule has 0 aliphatic carbocycles. The Hall–Kier alpha value is -2.54. The van der Waals surface area contributed by atoms with Crippen LogP contribution in [0.25, 0.3) is 0 Å². The Morgan fingerprint density at radius 2 is 1.88 bits per heavy atom. The summed E-state index contributed by atoms with van der Waals surface area (Å²) < 4.78 is 16.3. The molecule has 1 N–H and O–H groups in total. The molecule has 0 spiro atoms. The number of ether oxygens (including phenoxy) is 3. The van der Waals surface area contributed by atoms with Gasteiger partial charge in [-0.1, -0.05) is 22.0 Å². The minimum Gasteiger partial charge on any atom is -0.493 e. The van der Waals surface area contributed by atoms with Crippen LogP contribution < -0.4 is 14.8 Å². The lowest BCUT2D eigenvalue weighted by atomic mass is 10.2. The second kappa shape index (κ2) is 8.53. The van der Waals surface area contributed by atoms with Gasteiger partial charge in [-0.05, 0) is 42.8 Å². The monoisotopic (exact) mass is 407 g/mol. The van der Waals surface area contributed by atoms with Crippen LogP contribution in [-0.2, 0) is 9.53 Å². The second-order valence-electron chi connectivity index (χ2n) is 5.12. The summed E-state index contributed by atoms with van der Waals surface area (Å²) in [6, 6.07) is 10.3. The molecular formula is C18H18BrNO5. The normalized spacial score (nSPS) is 10.1. The van der Waals surface area contributed by atoms with Crippen LogP contribution in [0.3, 0.4) is 0 Å². The number of rotatable bonds is 6. The maximum atomic E-state index is 12.2. The average Bonchev–Trinajstić information content (AvgIpc) is 2.61. The van der Waals surface area contributed by atoms with Gasteiger partial charge in [0.2, 0.25) is 0 Å². The van der Waals surface area contributed by atoms with Gasteiger partial charge in [-0.2, -0.15) is 0 Å². The number of carbonyl (C=O) groups excluding carboxylic acids is 2. The van der Waals surface area contributed by atoms with E-state index in [2.05, 4.69) is 21.2 Å².